The molecule has 5 nitrogen and oxygen atoms in total. The molecule has 3 heterocycles. The predicted molar refractivity (Wildman–Crippen MR) is 103 cm³/mol. The van der Waals surface area contributed by atoms with E-state index in [4.69, 9.17) is 4.98 Å². The van der Waals surface area contributed by atoms with E-state index in [-0.39, 0.29) is 0 Å². The smallest absolute Gasteiger partial charge is 0.142 e. The van der Waals surface area contributed by atoms with Crippen molar-refractivity contribution in [2.75, 3.05) is 31.5 Å². The lowest BCUT2D eigenvalue weighted by molar-refractivity contribution is 0.296. The van der Waals surface area contributed by atoms with Crippen LogP contribution in [0.25, 0.3) is 22.4 Å². The Kier molecular flexibility index (Phi) is 4.93. The Hall–Kier alpha value is -2.40. The van der Waals surface area contributed by atoms with E-state index in [0.717, 1.165) is 41.3 Å². The van der Waals surface area contributed by atoms with Gasteiger partial charge in [0.1, 0.15) is 11.6 Å². The van der Waals surface area contributed by atoms with Crippen LogP contribution in [0.2, 0.25) is 0 Å². The zero-order valence-corrected chi connectivity index (χ0v) is 14.5. The maximum absolute atomic E-state index is 4.71. The number of aromatic nitrogens is 3. The molecule has 0 amide bonds. The van der Waals surface area contributed by atoms with Gasteiger partial charge in [-0.05, 0) is 50.2 Å². The van der Waals surface area contributed by atoms with Gasteiger partial charge in [-0.2, -0.15) is 0 Å². The van der Waals surface area contributed by atoms with E-state index in [2.05, 4.69) is 32.3 Å². The average Bonchev–Trinajstić information content (AvgIpc) is 2.91. The van der Waals surface area contributed by atoms with Crippen LogP contribution in [0.1, 0.15) is 25.7 Å². The Morgan fingerprint density at radius 3 is 2.68 bits per heavy atom. The number of hydrogen-bond donors (Lipinski definition) is 2. The first-order valence-corrected chi connectivity index (χ1v) is 9.26. The van der Waals surface area contributed by atoms with Gasteiger partial charge in [0.05, 0.1) is 16.6 Å². The van der Waals surface area contributed by atoms with Crippen LogP contribution in [-0.4, -0.2) is 46.0 Å². The Morgan fingerprint density at radius 2 is 1.84 bits per heavy atom. The van der Waals surface area contributed by atoms with Gasteiger partial charge in [-0.3, -0.25) is 0 Å². The highest BCUT2D eigenvalue weighted by atomic mass is 15.1. The second kappa shape index (κ2) is 7.66. The number of pyridine rings is 1. The fourth-order valence-electron chi connectivity index (χ4n) is 3.51. The molecule has 5 heteroatoms. The SMILES string of the molecule is c1cnc(NCCN2CCCCCC2)c(-c2nc3ccccc3[nH]2)c1. The number of benzene rings is 1. The van der Waals surface area contributed by atoms with Crippen LogP contribution in [0.15, 0.2) is 42.6 Å². The molecule has 25 heavy (non-hydrogen) atoms. The minimum atomic E-state index is 0.867. The highest BCUT2D eigenvalue weighted by Crippen LogP contribution is 2.25. The van der Waals surface area contributed by atoms with Crippen molar-refractivity contribution in [1.82, 2.24) is 19.9 Å². The quantitative estimate of drug-likeness (QED) is 0.742. The lowest BCUT2D eigenvalue weighted by Gasteiger charge is -2.20. The molecule has 0 atom stereocenters. The molecule has 0 aliphatic carbocycles. The zero-order chi connectivity index (χ0) is 16.9. The third kappa shape index (κ3) is 3.82. The molecular formula is C20H25N5. The minimum Gasteiger partial charge on any atom is -0.368 e. The molecule has 2 N–H and O–H groups in total. The number of H-pyrrole nitrogens is 1. The number of nitrogens with one attached hydrogen (secondary N) is 2. The zero-order valence-electron chi connectivity index (χ0n) is 14.5. The van der Waals surface area contributed by atoms with E-state index in [9.17, 15) is 0 Å². The second-order valence-corrected chi connectivity index (χ2v) is 6.68. The number of rotatable bonds is 5. The topological polar surface area (TPSA) is 56.8 Å². The fourth-order valence-corrected chi connectivity index (χ4v) is 3.51. The summed E-state index contributed by atoms with van der Waals surface area (Å²) < 4.78 is 0. The number of aromatic amines is 1. The molecule has 1 aromatic carbocycles. The van der Waals surface area contributed by atoms with Crippen molar-refractivity contribution in [2.24, 2.45) is 0 Å². The molecule has 1 aliphatic heterocycles. The van der Waals surface area contributed by atoms with Crippen LogP contribution in [0.3, 0.4) is 0 Å². The number of nitrogens with zero attached hydrogens (tertiary/aromatic N) is 3. The van der Waals surface area contributed by atoms with Crippen molar-refractivity contribution in [3.05, 3.63) is 42.6 Å². The molecule has 2 aromatic heterocycles. The lowest BCUT2D eigenvalue weighted by atomic mass is 10.2. The first-order valence-electron chi connectivity index (χ1n) is 9.26. The minimum absolute atomic E-state index is 0.867. The van der Waals surface area contributed by atoms with E-state index in [1.807, 2.05) is 30.5 Å². The molecule has 1 saturated heterocycles. The van der Waals surface area contributed by atoms with Crippen LogP contribution in [0.5, 0.6) is 0 Å². The summed E-state index contributed by atoms with van der Waals surface area (Å²) >= 11 is 0. The number of imidazole rings is 1. The standard InChI is InChI=1S/C20H25N5/c1-2-6-14-25(13-5-1)15-12-22-19-16(8-7-11-21-19)20-23-17-9-3-4-10-18(17)24-20/h3-4,7-11H,1-2,5-6,12-15H2,(H,21,22)(H,23,24). The van der Waals surface area contributed by atoms with E-state index >= 15 is 0 Å². The Bertz CT molecular complexity index is 785. The summed E-state index contributed by atoms with van der Waals surface area (Å²) in [6.07, 6.45) is 7.24. The normalized spacial score (nSPS) is 16.0. The van der Waals surface area contributed by atoms with Gasteiger partial charge in [0.2, 0.25) is 0 Å². The lowest BCUT2D eigenvalue weighted by Crippen LogP contribution is -2.30. The van der Waals surface area contributed by atoms with Crippen LogP contribution in [-0.2, 0) is 0 Å². The molecule has 130 valence electrons. The third-order valence-electron chi connectivity index (χ3n) is 4.87. The molecule has 0 radical (unpaired) electrons. The molecule has 4 rings (SSSR count). The number of anilines is 1. The van der Waals surface area contributed by atoms with Gasteiger partial charge in [-0.15, -0.1) is 0 Å². The molecule has 0 spiro atoms. The van der Waals surface area contributed by atoms with E-state index in [1.165, 1.54) is 38.8 Å². The van der Waals surface area contributed by atoms with Crippen LogP contribution >= 0.6 is 0 Å². The molecular weight excluding hydrogens is 310 g/mol. The van der Waals surface area contributed by atoms with Crippen molar-refractivity contribution >= 4 is 16.9 Å². The summed E-state index contributed by atoms with van der Waals surface area (Å²) in [6.45, 7) is 4.42. The molecule has 0 unspecified atom stereocenters. The van der Waals surface area contributed by atoms with Crippen molar-refractivity contribution in [1.29, 1.82) is 0 Å². The molecule has 3 aromatic rings. The van der Waals surface area contributed by atoms with Gasteiger partial charge >= 0.3 is 0 Å². The third-order valence-corrected chi connectivity index (χ3v) is 4.87. The number of hydrogen-bond acceptors (Lipinski definition) is 4. The Labute approximate surface area is 148 Å². The van der Waals surface area contributed by atoms with Gasteiger partial charge in [0.15, 0.2) is 0 Å². The molecule has 0 saturated carbocycles. The molecule has 1 aliphatic rings. The van der Waals surface area contributed by atoms with E-state index in [1.54, 1.807) is 0 Å². The average molecular weight is 335 g/mol. The van der Waals surface area contributed by atoms with E-state index in [0.29, 0.717) is 0 Å². The highest BCUT2D eigenvalue weighted by Gasteiger charge is 2.12. The monoisotopic (exact) mass is 335 g/mol. The van der Waals surface area contributed by atoms with Crippen LogP contribution in [0.4, 0.5) is 5.82 Å². The number of likely N-dealkylation sites (tertiary alicyclic amines) is 1. The maximum Gasteiger partial charge on any atom is 0.142 e. The van der Waals surface area contributed by atoms with E-state index < -0.39 is 0 Å². The Balaban J connectivity index is 1.47. The van der Waals surface area contributed by atoms with Gasteiger partial charge < -0.3 is 15.2 Å². The summed E-state index contributed by atoms with van der Waals surface area (Å²) in [5.74, 6) is 1.77. The second-order valence-electron chi connectivity index (χ2n) is 6.68. The van der Waals surface area contributed by atoms with Crippen molar-refractivity contribution < 1.29 is 0 Å². The van der Waals surface area contributed by atoms with Gasteiger partial charge in [0.25, 0.3) is 0 Å². The van der Waals surface area contributed by atoms with Crippen molar-refractivity contribution in [3.8, 4) is 11.4 Å². The summed E-state index contributed by atoms with van der Waals surface area (Å²) in [7, 11) is 0. The summed E-state index contributed by atoms with van der Waals surface area (Å²) in [5.41, 5.74) is 3.06. The first kappa shape index (κ1) is 16.1. The van der Waals surface area contributed by atoms with Gasteiger partial charge in [-0.25, -0.2) is 9.97 Å². The van der Waals surface area contributed by atoms with Crippen LogP contribution < -0.4 is 5.32 Å². The summed E-state index contributed by atoms with van der Waals surface area (Å²) in [5, 5.41) is 3.51. The Morgan fingerprint density at radius 1 is 1.00 bits per heavy atom. The molecule has 1 fully saturated rings. The summed E-state index contributed by atoms with van der Waals surface area (Å²) in [4.78, 5) is 15.2. The maximum atomic E-state index is 4.71. The van der Waals surface area contributed by atoms with Crippen molar-refractivity contribution in [2.45, 2.75) is 25.7 Å². The fraction of sp³-hybridized carbons (Fsp3) is 0.400. The van der Waals surface area contributed by atoms with Gasteiger partial charge in [0, 0.05) is 19.3 Å². The number of fused-ring (bicyclic) bond motifs is 1. The first-order chi connectivity index (χ1) is 12.4. The summed E-state index contributed by atoms with van der Waals surface area (Å²) in [6, 6.07) is 12.1. The number of para-hydroxylation sites is 2. The van der Waals surface area contributed by atoms with Crippen LogP contribution in [0, 0.1) is 0 Å². The highest BCUT2D eigenvalue weighted by molar-refractivity contribution is 5.81. The molecule has 0 bridgehead atoms. The van der Waals surface area contributed by atoms with Gasteiger partial charge in [-0.1, -0.05) is 25.0 Å². The predicted octanol–water partition coefficient (Wildman–Crippen LogP) is 3.91. The van der Waals surface area contributed by atoms with Crippen molar-refractivity contribution in [3.63, 3.8) is 0 Å². The largest absolute Gasteiger partial charge is 0.368 e.